The third kappa shape index (κ3) is 9.32. The van der Waals surface area contributed by atoms with Gasteiger partial charge in [-0.15, -0.1) is 0 Å². The molecule has 15 N–H and O–H groups in total. The van der Waals surface area contributed by atoms with E-state index in [-0.39, 0.29) is 44.8 Å². The first-order valence-electron chi connectivity index (χ1n) is 18.0. The molecule has 15 unspecified atom stereocenters. The summed E-state index contributed by atoms with van der Waals surface area (Å²) in [6, 6.07) is -3.10. The molecule has 4 aliphatic heterocycles. The van der Waals surface area contributed by atoms with Gasteiger partial charge in [0.05, 0.1) is 50.0 Å². The molecule has 0 radical (unpaired) electrons. The largest absolute Gasteiger partial charge is 0.444 e. The average Bonchev–Trinajstić information content (AvgIpc) is 3.37. The minimum atomic E-state index is -1.96. The minimum absolute atomic E-state index is 0.0378. The molecule has 0 aromatic heterocycles. The Balaban J connectivity index is 1.31. The van der Waals surface area contributed by atoms with Gasteiger partial charge in [0.1, 0.15) is 42.2 Å². The Morgan fingerprint density at radius 1 is 0.808 bits per heavy atom. The number of hydrogen-bond acceptors (Lipinski definition) is 18. The van der Waals surface area contributed by atoms with Crippen LogP contribution in [-0.2, 0) is 38.0 Å². The normalized spacial score (nSPS) is 42.4. The van der Waals surface area contributed by atoms with E-state index in [1.807, 2.05) is 0 Å². The highest BCUT2D eigenvalue weighted by atomic mass is 16.8. The van der Waals surface area contributed by atoms with Crippen LogP contribution in [0.1, 0.15) is 52.9 Å². The van der Waals surface area contributed by atoms with Crippen molar-refractivity contribution in [3.63, 3.8) is 0 Å². The summed E-state index contributed by atoms with van der Waals surface area (Å²) in [6.07, 6.45) is -10.2. The lowest BCUT2D eigenvalue weighted by atomic mass is 9.83. The van der Waals surface area contributed by atoms with Gasteiger partial charge in [-0.05, 0) is 52.9 Å². The fourth-order valence-electron chi connectivity index (χ4n) is 7.16. The lowest BCUT2D eigenvalue weighted by Gasteiger charge is -2.48. The summed E-state index contributed by atoms with van der Waals surface area (Å²) in [5.41, 5.74) is 28.1. The fourth-order valence-corrected chi connectivity index (χ4v) is 7.16. The molecule has 20 heteroatoms. The molecule has 5 fully saturated rings. The van der Waals surface area contributed by atoms with Gasteiger partial charge in [-0.3, -0.25) is 4.79 Å². The minimum Gasteiger partial charge on any atom is -0.444 e. The van der Waals surface area contributed by atoms with Crippen molar-refractivity contribution in [2.45, 2.75) is 156 Å². The number of ether oxygens (including phenoxy) is 7. The van der Waals surface area contributed by atoms with Crippen LogP contribution in [0.25, 0.3) is 0 Å². The van der Waals surface area contributed by atoms with Crippen LogP contribution in [0.4, 0.5) is 4.79 Å². The van der Waals surface area contributed by atoms with Gasteiger partial charge in [0.25, 0.3) is 5.91 Å². The van der Waals surface area contributed by atoms with Crippen molar-refractivity contribution in [2.75, 3.05) is 32.8 Å². The van der Waals surface area contributed by atoms with E-state index in [2.05, 4.69) is 5.32 Å². The van der Waals surface area contributed by atoms with Crippen molar-refractivity contribution in [3.8, 4) is 0 Å². The van der Waals surface area contributed by atoms with E-state index in [1.165, 1.54) is 4.90 Å². The Bertz CT molecular complexity index is 1210. The molecule has 5 aliphatic rings. The van der Waals surface area contributed by atoms with E-state index in [0.29, 0.717) is 25.7 Å². The van der Waals surface area contributed by atoms with Crippen molar-refractivity contribution in [2.24, 2.45) is 28.7 Å². The molecule has 52 heavy (non-hydrogen) atoms. The summed E-state index contributed by atoms with van der Waals surface area (Å²) in [6.45, 7) is 4.32. The second-order valence-electron chi connectivity index (χ2n) is 15.6. The van der Waals surface area contributed by atoms with Gasteiger partial charge in [-0.1, -0.05) is 0 Å². The number of likely N-dealkylation sites (tertiary alicyclic amines) is 1. The molecule has 300 valence electrons. The Kier molecular flexibility index (Phi) is 13.4. The highest BCUT2D eigenvalue weighted by molar-refractivity contribution is 5.89. The van der Waals surface area contributed by atoms with Crippen LogP contribution in [-0.4, -0.2) is 173 Å². The molecular formula is C32H59N7O13. The first-order chi connectivity index (χ1) is 24.5. The highest BCUT2D eigenvalue weighted by Crippen LogP contribution is 2.35. The molecule has 0 bridgehead atoms. The van der Waals surface area contributed by atoms with Crippen molar-refractivity contribution in [1.29, 1.82) is 0 Å². The number of nitrogens with two attached hydrogens (primary N) is 5. The number of amides is 2. The molecule has 0 aromatic carbocycles. The number of carbonyl (C=O) groups is 2. The Morgan fingerprint density at radius 3 is 1.87 bits per heavy atom. The number of aliphatic hydroxyl groups excluding tert-OH is 3. The topological polar surface area (TPSA) is 325 Å². The fraction of sp³-hybridized carbons (Fsp3) is 0.938. The van der Waals surface area contributed by atoms with Crippen LogP contribution in [0.5, 0.6) is 0 Å². The van der Waals surface area contributed by atoms with Gasteiger partial charge < -0.3 is 92.5 Å². The van der Waals surface area contributed by atoms with Crippen molar-refractivity contribution in [1.82, 2.24) is 10.2 Å². The molecule has 4 saturated heterocycles. The van der Waals surface area contributed by atoms with Crippen molar-refractivity contribution < 1.29 is 63.2 Å². The number of nitrogens with zero attached hydrogens (tertiary/aromatic N) is 1. The predicted octanol–water partition coefficient (Wildman–Crippen LogP) is -4.64. The van der Waals surface area contributed by atoms with Crippen LogP contribution >= 0.6 is 0 Å². The maximum atomic E-state index is 13.4. The SMILES string of the molecule is CC(C)(C)OC(=O)N1CC(O)(C(=O)NC2CC(N)C(OC3OC(CN)CCC3N)C(OC3OC(CO)C(OC4OC(CN)CCC4N)C3O)C2O)C1. The predicted molar refractivity (Wildman–Crippen MR) is 180 cm³/mol. The summed E-state index contributed by atoms with van der Waals surface area (Å²) in [5.74, 6) is -0.851. The molecule has 20 nitrogen and oxygen atoms in total. The van der Waals surface area contributed by atoms with Crippen LogP contribution in [0, 0.1) is 0 Å². The third-order valence-electron chi connectivity index (χ3n) is 10.2. The number of aliphatic hydroxyl groups is 4. The molecule has 0 aromatic rings. The third-order valence-corrected chi connectivity index (χ3v) is 10.2. The standard InChI is InChI=1S/C32H59N7O13/c1-31(2,3)52-30(44)39-12-32(45,13-39)29(43)38-19-8-18(37)23(49-26-16(35)6-4-14(9-33)46-26)25(21(19)41)51-28-22(42)24(20(11-40)48-28)50-27-17(36)7-5-15(10-34)47-27/h14-28,40-42,45H,4-13,33-37H2,1-3H3,(H,38,43). The zero-order valence-electron chi connectivity index (χ0n) is 30.0. The van der Waals surface area contributed by atoms with E-state index in [1.54, 1.807) is 20.8 Å². The average molecular weight is 750 g/mol. The molecule has 15 atom stereocenters. The number of β-amino-alcohol motifs (C(OH)–C–C–N with tert-alkyl or cyclic N) is 1. The Morgan fingerprint density at radius 2 is 1.35 bits per heavy atom. The molecule has 1 aliphatic carbocycles. The van der Waals surface area contributed by atoms with Crippen molar-refractivity contribution >= 4 is 12.0 Å². The van der Waals surface area contributed by atoms with E-state index in [0.717, 1.165) is 0 Å². The zero-order valence-corrected chi connectivity index (χ0v) is 30.0. The first-order valence-corrected chi connectivity index (χ1v) is 18.0. The number of rotatable bonds is 11. The molecule has 2 amide bonds. The number of carbonyl (C=O) groups excluding carboxylic acids is 2. The van der Waals surface area contributed by atoms with Crippen LogP contribution in [0.15, 0.2) is 0 Å². The maximum absolute atomic E-state index is 13.4. The molecule has 4 heterocycles. The Hall–Kier alpha value is -1.86. The smallest absolute Gasteiger partial charge is 0.410 e. The molecule has 5 rings (SSSR count). The van der Waals surface area contributed by atoms with Gasteiger partial charge in [-0.2, -0.15) is 0 Å². The van der Waals surface area contributed by atoms with Crippen LogP contribution in [0.2, 0.25) is 0 Å². The second-order valence-corrected chi connectivity index (χ2v) is 15.6. The van der Waals surface area contributed by atoms with Gasteiger partial charge in [-0.25, -0.2) is 4.79 Å². The summed E-state index contributed by atoms with van der Waals surface area (Å²) in [4.78, 5) is 27.0. The van der Waals surface area contributed by atoms with E-state index in [9.17, 15) is 30.0 Å². The first kappa shape index (κ1) is 41.3. The molecule has 1 saturated carbocycles. The van der Waals surface area contributed by atoms with Crippen LogP contribution < -0.4 is 34.0 Å². The molecule has 0 spiro atoms. The van der Waals surface area contributed by atoms with E-state index in [4.69, 9.17) is 61.8 Å². The second kappa shape index (κ2) is 16.9. The summed E-state index contributed by atoms with van der Waals surface area (Å²) >= 11 is 0. The van der Waals surface area contributed by atoms with Crippen molar-refractivity contribution in [3.05, 3.63) is 0 Å². The maximum Gasteiger partial charge on any atom is 0.410 e. The van der Waals surface area contributed by atoms with Gasteiger partial charge in [0, 0.05) is 19.1 Å². The quantitative estimate of drug-likeness (QED) is 0.0949. The monoisotopic (exact) mass is 749 g/mol. The van der Waals surface area contributed by atoms with Gasteiger partial charge in [0.2, 0.25) is 0 Å². The summed E-state index contributed by atoms with van der Waals surface area (Å²) in [7, 11) is 0. The number of hydrogen-bond donors (Lipinski definition) is 10. The highest BCUT2D eigenvalue weighted by Gasteiger charge is 2.55. The van der Waals surface area contributed by atoms with Gasteiger partial charge in [0.15, 0.2) is 24.5 Å². The van der Waals surface area contributed by atoms with Crippen LogP contribution in [0.3, 0.4) is 0 Å². The van der Waals surface area contributed by atoms with E-state index < -0.39 is 109 Å². The number of nitrogens with one attached hydrogen (secondary N) is 1. The zero-order chi connectivity index (χ0) is 38.1. The summed E-state index contributed by atoms with van der Waals surface area (Å²) in [5, 5.41) is 47.0. The van der Waals surface area contributed by atoms with E-state index >= 15 is 0 Å². The summed E-state index contributed by atoms with van der Waals surface area (Å²) < 4.78 is 41.6. The lowest BCUT2D eigenvalue weighted by Crippen LogP contribution is -2.73. The lowest BCUT2D eigenvalue weighted by molar-refractivity contribution is -0.288. The van der Waals surface area contributed by atoms with Gasteiger partial charge >= 0.3 is 6.09 Å². The Labute approximate surface area is 302 Å². The molecular weight excluding hydrogens is 690 g/mol.